The maximum atomic E-state index is 10.8. The smallest absolute Gasteiger partial charge is 0.216 e. The van der Waals surface area contributed by atoms with Crippen molar-refractivity contribution in [1.82, 2.24) is 5.32 Å². The van der Waals surface area contributed by atoms with Gasteiger partial charge in [0.1, 0.15) is 5.60 Å². The lowest BCUT2D eigenvalue weighted by atomic mass is 9.97. The Kier molecular flexibility index (Phi) is 6.35. The molecular formula is C18H23NO2S. The van der Waals surface area contributed by atoms with E-state index in [0.717, 1.165) is 42.8 Å². The summed E-state index contributed by atoms with van der Waals surface area (Å²) in [6.07, 6.45) is 3.33. The van der Waals surface area contributed by atoms with Gasteiger partial charge in [-0.2, -0.15) is 11.8 Å². The molecule has 0 unspecified atom stereocenters. The van der Waals surface area contributed by atoms with Crippen LogP contribution in [0.15, 0.2) is 24.3 Å². The maximum Gasteiger partial charge on any atom is 0.216 e. The molecule has 1 aliphatic rings. The van der Waals surface area contributed by atoms with E-state index in [-0.39, 0.29) is 5.91 Å². The second-order valence-electron chi connectivity index (χ2n) is 5.68. The number of benzene rings is 1. The van der Waals surface area contributed by atoms with Crippen molar-refractivity contribution in [3.8, 4) is 11.8 Å². The van der Waals surface area contributed by atoms with Crippen LogP contribution in [0.4, 0.5) is 0 Å². The summed E-state index contributed by atoms with van der Waals surface area (Å²) in [7, 11) is 0. The van der Waals surface area contributed by atoms with Crippen molar-refractivity contribution in [2.75, 3.05) is 18.1 Å². The molecule has 3 nitrogen and oxygen atoms in total. The van der Waals surface area contributed by atoms with Gasteiger partial charge in [-0.3, -0.25) is 4.79 Å². The number of aryl methyl sites for hydroxylation is 1. The fourth-order valence-electron chi connectivity index (χ4n) is 2.38. The van der Waals surface area contributed by atoms with Crippen molar-refractivity contribution >= 4 is 17.7 Å². The molecule has 118 valence electrons. The molecular weight excluding hydrogens is 294 g/mol. The molecule has 1 saturated heterocycles. The van der Waals surface area contributed by atoms with Gasteiger partial charge in [0.2, 0.25) is 5.91 Å². The van der Waals surface area contributed by atoms with Gasteiger partial charge in [0.15, 0.2) is 0 Å². The second-order valence-corrected chi connectivity index (χ2v) is 6.91. The van der Waals surface area contributed by atoms with Gasteiger partial charge < -0.3 is 10.4 Å². The lowest BCUT2D eigenvalue weighted by Gasteiger charge is -2.26. The SMILES string of the molecule is CC(=O)NCCCc1cccc(C#CC2(O)CCSCC2)c1. The van der Waals surface area contributed by atoms with Crippen molar-refractivity contribution in [2.24, 2.45) is 0 Å². The first-order chi connectivity index (χ1) is 10.6. The highest BCUT2D eigenvalue weighted by Crippen LogP contribution is 2.26. The molecule has 1 aromatic rings. The number of rotatable bonds is 4. The molecule has 0 aliphatic carbocycles. The van der Waals surface area contributed by atoms with Gasteiger partial charge in [0.05, 0.1) is 0 Å². The largest absolute Gasteiger partial charge is 0.378 e. The zero-order valence-corrected chi connectivity index (χ0v) is 13.8. The fraction of sp³-hybridized carbons (Fsp3) is 0.500. The van der Waals surface area contributed by atoms with Crippen LogP contribution in [0.2, 0.25) is 0 Å². The summed E-state index contributed by atoms with van der Waals surface area (Å²) in [5.74, 6) is 8.16. The summed E-state index contributed by atoms with van der Waals surface area (Å²) in [5, 5.41) is 13.2. The summed E-state index contributed by atoms with van der Waals surface area (Å²) >= 11 is 1.88. The molecule has 0 saturated carbocycles. The van der Waals surface area contributed by atoms with E-state index in [1.54, 1.807) is 0 Å². The van der Waals surface area contributed by atoms with Crippen LogP contribution in [0, 0.1) is 11.8 Å². The molecule has 2 N–H and O–H groups in total. The Morgan fingerprint density at radius 2 is 2.18 bits per heavy atom. The Hall–Kier alpha value is -1.44. The summed E-state index contributed by atoms with van der Waals surface area (Å²) in [6.45, 7) is 2.23. The summed E-state index contributed by atoms with van der Waals surface area (Å²) in [6, 6.07) is 8.12. The Labute approximate surface area is 136 Å². The molecule has 22 heavy (non-hydrogen) atoms. The number of hydrogen-bond acceptors (Lipinski definition) is 3. The minimum atomic E-state index is -0.813. The highest BCUT2D eigenvalue weighted by Gasteiger charge is 2.26. The van der Waals surface area contributed by atoms with Gasteiger partial charge >= 0.3 is 0 Å². The lowest BCUT2D eigenvalue weighted by molar-refractivity contribution is -0.118. The topological polar surface area (TPSA) is 49.3 Å². The Morgan fingerprint density at radius 1 is 1.41 bits per heavy atom. The molecule has 1 amide bonds. The molecule has 4 heteroatoms. The summed E-state index contributed by atoms with van der Waals surface area (Å²) in [4.78, 5) is 10.8. The predicted octanol–water partition coefficient (Wildman–Crippen LogP) is 2.36. The number of carbonyl (C=O) groups is 1. The monoisotopic (exact) mass is 317 g/mol. The van der Waals surface area contributed by atoms with Crippen LogP contribution >= 0.6 is 11.8 Å². The van der Waals surface area contributed by atoms with E-state index in [2.05, 4.69) is 29.3 Å². The molecule has 1 heterocycles. The van der Waals surface area contributed by atoms with Crippen LogP contribution in [0.5, 0.6) is 0 Å². The zero-order valence-electron chi connectivity index (χ0n) is 13.0. The number of thioether (sulfide) groups is 1. The Morgan fingerprint density at radius 3 is 2.91 bits per heavy atom. The van der Waals surface area contributed by atoms with Gasteiger partial charge in [-0.1, -0.05) is 24.0 Å². The molecule has 1 aromatic carbocycles. The molecule has 0 radical (unpaired) electrons. The third kappa shape index (κ3) is 5.75. The van der Waals surface area contributed by atoms with Gasteiger partial charge in [-0.15, -0.1) is 0 Å². The first-order valence-corrected chi connectivity index (χ1v) is 8.90. The van der Waals surface area contributed by atoms with Crippen molar-refractivity contribution < 1.29 is 9.90 Å². The van der Waals surface area contributed by atoms with Crippen molar-refractivity contribution in [1.29, 1.82) is 0 Å². The summed E-state index contributed by atoms with van der Waals surface area (Å²) < 4.78 is 0. The minimum absolute atomic E-state index is 0.0125. The minimum Gasteiger partial charge on any atom is -0.378 e. The van der Waals surface area contributed by atoms with E-state index in [1.807, 2.05) is 23.9 Å². The van der Waals surface area contributed by atoms with Crippen LogP contribution < -0.4 is 5.32 Å². The quantitative estimate of drug-likeness (QED) is 0.662. The predicted molar refractivity (Wildman–Crippen MR) is 91.8 cm³/mol. The van der Waals surface area contributed by atoms with Crippen LogP contribution in [-0.4, -0.2) is 34.7 Å². The number of nitrogens with one attached hydrogen (secondary N) is 1. The van der Waals surface area contributed by atoms with Crippen LogP contribution in [0.1, 0.15) is 37.3 Å². The van der Waals surface area contributed by atoms with E-state index in [4.69, 9.17) is 0 Å². The van der Waals surface area contributed by atoms with Crippen LogP contribution in [0.25, 0.3) is 0 Å². The Balaban J connectivity index is 1.92. The molecule has 0 atom stereocenters. The molecule has 1 aliphatic heterocycles. The number of carbonyl (C=O) groups excluding carboxylic acids is 1. The summed E-state index contributed by atoms with van der Waals surface area (Å²) in [5.41, 5.74) is 1.35. The standard InChI is InChI=1S/C18H23NO2S/c1-15(20)19-11-3-6-16-4-2-5-17(14-16)7-8-18(21)9-12-22-13-10-18/h2,4-5,14,21H,3,6,9-13H2,1H3,(H,19,20). The number of amides is 1. The van der Waals surface area contributed by atoms with Gasteiger partial charge in [0, 0.05) is 19.0 Å². The third-order valence-corrected chi connectivity index (χ3v) is 4.69. The van der Waals surface area contributed by atoms with E-state index in [1.165, 1.54) is 12.5 Å². The van der Waals surface area contributed by atoms with Gasteiger partial charge in [0.25, 0.3) is 0 Å². The third-order valence-electron chi connectivity index (χ3n) is 3.70. The normalized spacial score (nSPS) is 16.5. The molecule has 0 aromatic heterocycles. The van der Waals surface area contributed by atoms with Gasteiger partial charge in [-0.25, -0.2) is 0 Å². The first-order valence-electron chi connectivity index (χ1n) is 7.74. The number of hydrogen-bond donors (Lipinski definition) is 2. The molecule has 1 fully saturated rings. The van der Waals surface area contributed by atoms with Crippen LogP contribution in [-0.2, 0) is 11.2 Å². The molecule has 0 bridgehead atoms. The highest BCUT2D eigenvalue weighted by molar-refractivity contribution is 7.99. The number of aliphatic hydroxyl groups is 1. The average Bonchev–Trinajstić information content (AvgIpc) is 2.51. The van der Waals surface area contributed by atoms with Crippen molar-refractivity contribution in [2.45, 2.75) is 38.2 Å². The highest BCUT2D eigenvalue weighted by atomic mass is 32.2. The zero-order chi connectivity index (χ0) is 15.8. The van der Waals surface area contributed by atoms with Gasteiger partial charge in [-0.05, 0) is 54.9 Å². The van der Waals surface area contributed by atoms with E-state index in [9.17, 15) is 9.90 Å². The van der Waals surface area contributed by atoms with E-state index >= 15 is 0 Å². The van der Waals surface area contributed by atoms with Crippen molar-refractivity contribution in [3.63, 3.8) is 0 Å². The maximum absolute atomic E-state index is 10.8. The first kappa shape index (κ1) is 16.9. The average molecular weight is 317 g/mol. The Bertz CT molecular complexity index is 568. The van der Waals surface area contributed by atoms with Crippen LogP contribution in [0.3, 0.4) is 0 Å². The second kappa shape index (κ2) is 8.26. The fourth-order valence-corrected chi connectivity index (χ4v) is 3.55. The molecule has 0 spiro atoms. The molecule has 2 rings (SSSR count). The van der Waals surface area contributed by atoms with E-state index < -0.39 is 5.60 Å². The van der Waals surface area contributed by atoms with E-state index in [0.29, 0.717) is 6.54 Å². The van der Waals surface area contributed by atoms with Crippen molar-refractivity contribution in [3.05, 3.63) is 35.4 Å². The lowest BCUT2D eigenvalue weighted by Crippen LogP contribution is -2.31.